The molecule has 2 aliphatic rings. The first-order valence-corrected chi connectivity index (χ1v) is 14.1. The van der Waals surface area contributed by atoms with Crippen molar-refractivity contribution in [2.24, 2.45) is 0 Å². The summed E-state index contributed by atoms with van der Waals surface area (Å²) in [5.74, 6) is 0.311. The van der Waals surface area contributed by atoms with Crippen LogP contribution in [0.5, 0.6) is 0 Å². The van der Waals surface area contributed by atoms with Gasteiger partial charge in [-0.15, -0.1) is 0 Å². The smallest absolute Gasteiger partial charge is 0.229 e. The van der Waals surface area contributed by atoms with E-state index >= 15 is 4.39 Å². The van der Waals surface area contributed by atoms with Crippen LogP contribution in [0.3, 0.4) is 0 Å². The summed E-state index contributed by atoms with van der Waals surface area (Å²) in [6, 6.07) is 6.95. The summed E-state index contributed by atoms with van der Waals surface area (Å²) in [6.07, 6.45) is 6.26. The number of nitrogens with zero attached hydrogens (tertiary/aromatic N) is 8. The molecule has 2 fully saturated rings. The summed E-state index contributed by atoms with van der Waals surface area (Å²) < 4.78 is 32.2. The number of likely N-dealkylation sites (N-methyl/N-ethyl adjacent to an activating group) is 1. The number of halogens is 2. The normalized spacial score (nSPS) is 17.1. The molecule has 4 aromatic rings. The zero-order valence-corrected chi connectivity index (χ0v) is 23.1. The van der Waals surface area contributed by atoms with Gasteiger partial charge in [0.2, 0.25) is 5.95 Å². The largest absolute Gasteiger partial charge is 0.311 e. The first kappa shape index (κ1) is 26.5. The van der Waals surface area contributed by atoms with Gasteiger partial charge in [0.25, 0.3) is 0 Å². The molecular formula is C29H35F2N9. The summed E-state index contributed by atoms with van der Waals surface area (Å²) in [7, 11) is 0. The molecule has 210 valence electrons. The molecule has 0 aliphatic carbocycles. The Labute approximate surface area is 232 Å². The summed E-state index contributed by atoms with van der Waals surface area (Å²) in [5.41, 5.74) is 2.36. The molecule has 3 aromatic heterocycles. The zero-order chi connectivity index (χ0) is 27.6. The van der Waals surface area contributed by atoms with Crippen molar-refractivity contribution < 1.29 is 8.78 Å². The number of pyridine rings is 1. The van der Waals surface area contributed by atoms with E-state index in [2.05, 4.69) is 47.0 Å². The van der Waals surface area contributed by atoms with Crippen LogP contribution in [0.4, 0.5) is 20.5 Å². The number of piperazine rings is 1. The maximum atomic E-state index is 15.2. The van der Waals surface area contributed by atoms with Crippen LogP contribution in [0, 0.1) is 18.6 Å². The van der Waals surface area contributed by atoms with Crippen LogP contribution in [0.1, 0.15) is 37.6 Å². The number of imidazole rings is 1. The molecule has 0 spiro atoms. The highest BCUT2D eigenvalue weighted by Crippen LogP contribution is 2.29. The minimum absolute atomic E-state index is 0.0187. The minimum atomic E-state index is -0.628. The summed E-state index contributed by atoms with van der Waals surface area (Å²) >= 11 is 0. The first-order valence-electron chi connectivity index (χ1n) is 14.1. The topological polar surface area (TPSA) is 78.2 Å². The fourth-order valence-electron chi connectivity index (χ4n) is 5.67. The van der Waals surface area contributed by atoms with Gasteiger partial charge in [0.1, 0.15) is 22.9 Å². The van der Waals surface area contributed by atoms with Crippen LogP contribution < -0.4 is 10.3 Å². The van der Waals surface area contributed by atoms with Crippen molar-refractivity contribution in [1.29, 1.82) is 0 Å². The Morgan fingerprint density at radius 1 is 0.850 bits per heavy atom. The number of piperidine rings is 1. The third-order valence-electron chi connectivity index (χ3n) is 7.87. The predicted molar refractivity (Wildman–Crippen MR) is 152 cm³/mol. The second-order valence-electron chi connectivity index (χ2n) is 10.6. The fourth-order valence-corrected chi connectivity index (χ4v) is 5.67. The molecule has 6 rings (SSSR count). The first-order chi connectivity index (χ1) is 19.5. The highest BCUT2D eigenvalue weighted by Gasteiger charge is 2.21. The summed E-state index contributed by atoms with van der Waals surface area (Å²) in [4.78, 5) is 22.4. The molecule has 0 radical (unpaired) electrons. The predicted octanol–water partition coefficient (Wildman–Crippen LogP) is 4.48. The third-order valence-corrected chi connectivity index (χ3v) is 7.87. The lowest BCUT2D eigenvalue weighted by Gasteiger charge is -2.33. The van der Waals surface area contributed by atoms with E-state index in [-0.39, 0.29) is 17.2 Å². The number of nitrogens with one attached hydrogen (secondary N) is 1. The number of anilines is 2. The molecule has 2 aliphatic heterocycles. The average Bonchev–Trinajstić information content (AvgIpc) is 3.32. The Bertz CT molecular complexity index is 1470. The van der Waals surface area contributed by atoms with Crippen LogP contribution >= 0.6 is 0 Å². The molecule has 0 saturated carbocycles. The lowest BCUT2D eigenvalue weighted by atomic mass is 10.1. The van der Waals surface area contributed by atoms with Gasteiger partial charge < -0.3 is 15.2 Å². The zero-order valence-electron chi connectivity index (χ0n) is 23.1. The molecule has 0 bridgehead atoms. The van der Waals surface area contributed by atoms with E-state index in [1.807, 2.05) is 29.9 Å². The van der Waals surface area contributed by atoms with Crippen molar-refractivity contribution in [3.05, 3.63) is 59.7 Å². The molecule has 9 nitrogen and oxygen atoms in total. The Morgan fingerprint density at radius 3 is 2.35 bits per heavy atom. The van der Waals surface area contributed by atoms with Crippen molar-refractivity contribution in [3.63, 3.8) is 0 Å². The number of fused-ring (bicyclic) bond motifs is 1. The molecule has 40 heavy (non-hydrogen) atoms. The van der Waals surface area contributed by atoms with Gasteiger partial charge in [-0.3, -0.25) is 4.90 Å². The number of hydrogen-bond acceptors (Lipinski definition) is 8. The molecule has 0 atom stereocenters. The van der Waals surface area contributed by atoms with E-state index in [1.54, 1.807) is 6.07 Å². The highest BCUT2D eigenvalue weighted by molar-refractivity contribution is 5.83. The maximum absolute atomic E-state index is 15.2. The second kappa shape index (κ2) is 11.4. The van der Waals surface area contributed by atoms with E-state index < -0.39 is 11.6 Å². The van der Waals surface area contributed by atoms with Gasteiger partial charge in [-0.25, -0.2) is 33.4 Å². The average molecular weight is 548 g/mol. The Balaban J connectivity index is 1.22. The van der Waals surface area contributed by atoms with Crippen LogP contribution in [-0.4, -0.2) is 80.2 Å². The van der Waals surface area contributed by atoms with Crippen LogP contribution in [-0.2, 0) is 6.54 Å². The molecule has 0 amide bonds. The van der Waals surface area contributed by atoms with E-state index in [4.69, 9.17) is 0 Å². The molecule has 5 heterocycles. The lowest BCUT2D eigenvalue weighted by molar-refractivity contribution is 0.132. The van der Waals surface area contributed by atoms with E-state index in [0.717, 1.165) is 77.0 Å². The van der Waals surface area contributed by atoms with Crippen LogP contribution in [0.2, 0.25) is 0 Å². The van der Waals surface area contributed by atoms with Gasteiger partial charge >= 0.3 is 0 Å². The molecular weight excluding hydrogens is 512 g/mol. The lowest BCUT2D eigenvalue weighted by Crippen LogP contribution is -2.45. The Kier molecular flexibility index (Phi) is 7.57. The van der Waals surface area contributed by atoms with E-state index in [9.17, 15) is 4.39 Å². The monoisotopic (exact) mass is 547 g/mol. The number of hydrogen-bond donors (Lipinski definition) is 1. The number of rotatable bonds is 7. The van der Waals surface area contributed by atoms with E-state index in [1.165, 1.54) is 12.5 Å². The van der Waals surface area contributed by atoms with Gasteiger partial charge in [0.15, 0.2) is 11.6 Å². The third kappa shape index (κ3) is 5.48. The Hall–Kier alpha value is -3.70. The standard InChI is InChI=1S/C29H35F2N9/c1-3-37-11-13-38(14-12-37)19-21-7-8-26(32-17-21)35-29-33-18-24(31)27(36-29)22-15-23(30)28-25(16-22)40(20(2)34-28)39-9-5-4-6-10-39/h7-8,15-18H,3-6,9-14,19H2,1-2H3,(H,32,33,35,36). The number of benzene rings is 1. The maximum Gasteiger partial charge on any atom is 0.229 e. The summed E-state index contributed by atoms with van der Waals surface area (Å²) in [6.45, 7) is 12.0. The second-order valence-corrected chi connectivity index (χ2v) is 10.6. The van der Waals surface area contributed by atoms with Gasteiger partial charge in [0, 0.05) is 57.6 Å². The SMILES string of the molecule is CCN1CCN(Cc2ccc(Nc3ncc(F)c(-c4cc(F)c5nc(C)n(N6CCCCC6)c5c4)n3)nc2)CC1. The van der Waals surface area contributed by atoms with Gasteiger partial charge in [0.05, 0.1) is 11.7 Å². The summed E-state index contributed by atoms with van der Waals surface area (Å²) in [5, 5.41) is 5.25. The molecule has 11 heteroatoms. The van der Waals surface area contributed by atoms with E-state index in [0.29, 0.717) is 22.7 Å². The minimum Gasteiger partial charge on any atom is -0.311 e. The van der Waals surface area contributed by atoms with Crippen molar-refractivity contribution in [1.82, 2.24) is 34.4 Å². The highest BCUT2D eigenvalue weighted by atomic mass is 19.1. The molecule has 1 aromatic carbocycles. The van der Waals surface area contributed by atoms with Gasteiger partial charge in [-0.1, -0.05) is 13.0 Å². The Morgan fingerprint density at radius 2 is 1.62 bits per heavy atom. The number of aryl methyl sites for hydroxylation is 1. The van der Waals surface area contributed by atoms with Crippen LogP contribution in [0.25, 0.3) is 22.3 Å². The molecule has 0 unspecified atom stereocenters. The van der Waals surface area contributed by atoms with Gasteiger partial charge in [-0.2, -0.15) is 0 Å². The fraction of sp³-hybridized carbons (Fsp3) is 0.448. The quantitative estimate of drug-likeness (QED) is 0.363. The van der Waals surface area contributed by atoms with Gasteiger partial charge in [-0.05, 0) is 56.5 Å². The molecule has 2 saturated heterocycles. The van der Waals surface area contributed by atoms with Crippen LogP contribution in [0.15, 0.2) is 36.7 Å². The van der Waals surface area contributed by atoms with Crippen molar-refractivity contribution >= 4 is 22.8 Å². The van der Waals surface area contributed by atoms with Crippen molar-refractivity contribution in [2.45, 2.75) is 39.7 Å². The number of aromatic nitrogens is 5. The van der Waals surface area contributed by atoms with Crippen molar-refractivity contribution in [2.75, 3.05) is 56.1 Å². The van der Waals surface area contributed by atoms with Crippen molar-refractivity contribution in [3.8, 4) is 11.3 Å². The molecule has 1 N–H and O–H groups in total.